The van der Waals surface area contributed by atoms with Gasteiger partial charge in [-0.05, 0) is 98.1 Å². The van der Waals surface area contributed by atoms with Crippen molar-refractivity contribution in [3.63, 3.8) is 0 Å². The highest BCUT2D eigenvalue weighted by Crippen LogP contribution is 2.51. The number of benzene rings is 10. The first-order chi connectivity index (χ1) is 34.9. The molecule has 0 N–H and O–H groups in total. The van der Waals surface area contributed by atoms with E-state index in [-0.39, 0.29) is 5.41 Å². The van der Waals surface area contributed by atoms with E-state index in [1.165, 1.54) is 114 Å². The zero-order chi connectivity index (χ0) is 47.0. The van der Waals surface area contributed by atoms with Gasteiger partial charge in [0.05, 0.1) is 27.9 Å². The van der Waals surface area contributed by atoms with Gasteiger partial charge in [0, 0.05) is 63.8 Å². The molecule has 0 aliphatic heterocycles. The summed E-state index contributed by atoms with van der Waals surface area (Å²) in [6.07, 6.45) is 0. The van der Waals surface area contributed by atoms with Crippen LogP contribution in [0, 0.1) is 0 Å². The topological polar surface area (TPSA) is 30.2 Å². The minimum Gasteiger partial charge on any atom is -0.308 e. The Morgan fingerprint density at radius 3 is 1.54 bits per heavy atom. The van der Waals surface area contributed by atoms with Gasteiger partial charge in [-0.2, -0.15) is 0 Å². The van der Waals surface area contributed by atoms with Gasteiger partial charge in [-0.1, -0.05) is 196 Å². The molecule has 0 atom stereocenters. The molecule has 14 aromatic rings. The fourth-order valence-corrected chi connectivity index (χ4v) is 13.1. The SMILES string of the molecule is CC1(C)c2ccc(-c3cccc(-c4ccc5c6cccc7c8ccc(-c9cccc%10c9sc9ccccc9%10)cc8n(c5c4)c67)c3)cc2-c2cc(-c3nc(-c4ccccc4)cc(-c4ccccc4)n3)ccc21. The van der Waals surface area contributed by atoms with Crippen LogP contribution in [0.2, 0.25) is 0 Å². The lowest BCUT2D eigenvalue weighted by Crippen LogP contribution is -2.14. The van der Waals surface area contributed by atoms with Gasteiger partial charge in [0.25, 0.3) is 0 Å². The highest BCUT2D eigenvalue weighted by Gasteiger charge is 2.36. The van der Waals surface area contributed by atoms with Gasteiger partial charge in [0.2, 0.25) is 0 Å². The van der Waals surface area contributed by atoms with E-state index in [0.717, 1.165) is 33.9 Å². The molecule has 0 saturated heterocycles. The fourth-order valence-electron chi connectivity index (χ4n) is 11.9. The summed E-state index contributed by atoms with van der Waals surface area (Å²) in [4.78, 5) is 10.4. The van der Waals surface area contributed by atoms with E-state index < -0.39 is 0 Å². The smallest absolute Gasteiger partial charge is 0.160 e. The number of hydrogen-bond donors (Lipinski definition) is 0. The number of hydrogen-bond acceptors (Lipinski definition) is 3. The van der Waals surface area contributed by atoms with E-state index in [1.807, 2.05) is 23.5 Å². The second kappa shape index (κ2) is 15.1. The van der Waals surface area contributed by atoms with Crippen molar-refractivity contribution in [2.45, 2.75) is 19.3 Å². The summed E-state index contributed by atoms with van der Waals surface area (Å²) in [5.74, 6) is 0.722. The van der Waals surface area contributed by atoms with Crippen molar-refractivity contribution in [3.8, 4) is 78.4 Å². The van der Waals surface area contributed by atoms with Crippen LogP contribution in [-0.2, 0) is 5.41 Å². The summed E-state index contributed by atoms with van der Waals surface area (Å²) in [6.45, 7) is 4.69. The summed E-state index contributed by atoms with van der Waals surface area (Å²) < 4.78 is 5.19. The largest absolute Gasteiger partial charge is 0.308 e. The van der Waals surface area contributed by atoms with Gasteiger partial charge < -0.3 is 4.40 Å². The quantitative estimate of drug-likeness (QED) is 0.166. The van der Waals surface area contributed by atoms with Crippen LogP contribution in [0.1, 0.15) is 25.0 Å². The van der Waals surface area contributed by atoms with Crippen molar-refractivity contribution in [1.82, 2.24) is 14.4 Å². The minimum atomic E-state index is -0.158. The van der Waals surface area contributed by atoms with Gasteiger partial charge in [-0.25, -0.2) is 9.97 Å². The molecular weight excluding hydrogens is 879 g/mol. The molecule has 1 aliphatic carbocycles. The molecule has 1 aliphatic rings. The maximum atomic E-state index is 5.20. The van der Waals surface area contributed by atoms with Crippen LogP contribution < -0.4 is 0 Å². The number of thiophene rings is 1. The lowest BCUT2D eigenvalue weighted by Gasteiger charge is -2.21. The fraction of sp³-hybridized carbons (Fsp3) is 0.0448. The Bertz CT molecular complexity index is 4420. The van der Waals surface area contributed by atoms with Crippen LogP contribution >= 0.6 is 11.3 Å². The summed E-state index contributed by atoms with van der Waals surface area (Å²) in [7, 11) is 0. The Morgan fingerprint density at radius 2 is 0.845 bits per heavy atom. The standard InChI is InChI=1S/C67H43N3S/c1-67(2)57-32-28-44(35-55(57)56-36-47(29-33-58(56)67)66-68-59(40-14-5-3-6-15-40)39-60(69-66)41-16-7-4-8-17-41)42-18-11-19-43(34-42)45-26-30-49-52-22-13-23-53-50-31-27-46(38-62(50)70(64(52)53)61(49)37-45)48-21-12-24-54-51-20-9-10-25-63(51)71-65(48)54/h3-39H,1-2H3. The van der Waals surface area contributed by atoms with E-state index >= 15 is 0 Å². The molecule has 0 fully saturated rings. The molecule has 71 heavy (non-hydrogen) atoms. The lowest BCUT2D eigenvalue weighted by molar-refractivity contribution is 0.660. The zero-order valence-corrected chi connectivity index (χ0v) is 39.9. The van der Waals surface area contributed by atoms with Crippen molar-refractivity contribution in [2.24, 2.45) is 0 Å². The highest BCUT2D eigenvalue weighted by molar-refractivity contribution is 7.26. The molecule has 332 valence electrons. The lowest BCUT2D eigenvalue weighted by atomic mass is 9.82. The number of para-hydroxylation sites is 1. The predicted molar refractivity (Wildman–Crippen MR) is 300 cm³/mol. The van der Waals surface area contributed by atoms with Crippen molar-refractivity contribution < 1.29 is 0 Å². The summed E-state index contributed by atoms with van der Waals surface area (Å²) in [5, 5.41) is 7.79. The molecule has 0 radical (unpaired) electrons. The number of aromatic nitrogens is 3. The van der Waals surface area contributed by atoms with Gasteiger partial charge in [-0.3, -0.25) is 0 Å². The van der Waals surface area contributed by atoms with Crippen LogP contribution in [0.25, 0.3) is 137 Å². The predicted octanol–water partition coefficient (Wildman–Crippen LogP) is 18.3. The number of fused-ring (bicyclic) bond motifs is 12. The molecule has 4 heteroatoms. The molecule has 0 amide bonds. The summed E-state index contributed by atoms with van der Waals surface area (Å²) in [5.41, 5.74) is 21.0. The molecule has 0 saturated carbocycles. The van der Waals surface area contributed by atoms with Crippen LogP contribution in [0.5, 0.6) is 0 Å². The van der Waals surface area contributed by atoms with Gasteiger partial charge >= 0.3 is 0 Å². The second-order valence-corrected chi connectivity index (χ2v) is 20.8. The van der Waals surface area contributed by atoms with Crippen LogP contribution in [0.3, 0.4) is 0 Å². The van der Waals surface area contributed by atoms with E-state index in [9.17, 15) is 0 Å². The Balaban J connectivity index is 0.830. The zero-order valence-electron chi connectivity index (χ0n) is 39.1. The monoisotopic (exact) mass is 921 g/mol. The first kappa shape index (κ1) is 40.2. The van der Waals surface area contributed by atoms with Gasteiger partial charge in [-0.15, -0.1) is 11.3 Å². The first-order valence-electron chi connectivity index (χ1n) is 24.5. The third-order valence-corrected chi connectivity index (χ3v) is 16.6. The van der Waals surface area contributed by atoms with E-state index in [2.05, 4.69) is 231 Å². The molecular formula is C67H43N3S. The number of rotatable bonds is 6. The number of nitrogens with zero attached hydrogens (tertiary/aromatic N) is 3. The maximum absolute atomic E-state index is 5.20. The Morgan fingerprint density at radius 1 is 0.352 bits per heavy atom. The normalized spacial score (nSPS) is 13.0. The van der Waals surface area contributed by atoms with Crippen molar-refractivity contribution >= 4 is 69.6 Å². The van der Waals surface area contributed by atoms with Crippen LogP contribution in [-0.4, -0.2) is 14.4 Å². The molecule has 0 unspecified atom stereocenters. The van der Waals surface area contributed by atoms with Gasteiger partial charge in [0.15, 0.2) is 5.82 Å². The molecule has 4 heterocycles. The van der Waals surface area contributed by atoms with Crippen LogP contribution in [0.15, 0.2) is 224 Å². The second-order valence-electron chi connectivity index (χ2n) is 19.7. The van der Waals surface area contributed by atoms with Crippen molar-refractivity contribution in [2.75, 3.05) is 0 Å². The van der Waals surface area contributed by atoms with Crippen molar-refractivity contribution in [1.29, 1.82) is 0 Å². The van der Waals surface area contributed by atoms with E-state index in [0.29, 0.717) is 0 Å². The third-order valence-electron chi connectivity index (χ3n) is 15.4. The average molecular weight is 922 g/mol. The van der Waals surface area contributed by atoms with Crippen molar-refractivity contribution in [3.05, 3.63) is 236 Å². The first-order valence-corrected chi connectivity index (χ1v) is 25.3. The van der Waals surface area contributed by atoms with Crippen LogP contribution in [0.4, 0.5) is 0 Å². The molecule has 0 bridgehead atoms. The average Bonchev–Trinajstić information content (AvgIpc) is 4.15. The van der Waals surface area contributed by atoms with Gasteiger partial charge in [0.1, 0.15) is 0 Å². The Hall–Kier alpha value is -8.70. The minimum absolute atomic E-state index is 0.158. The highest BCUT2D eigenvalue weighted by atomic mass is 32.1. The molecule has 15 rings (SSSR count). The molecule has 0 spiro atoms. The molecule has 3 nitrogen and oxygen atoms in total. The molecule has 4 aromatic heterocycles. The summed E-state index contributed by atoms with van der Waals surface area (Å²) >= 11 is 1.89. The molecule has 10 aromatic carbocycles. The Kier molecular flexibility index (Phi) is 8.58. The Labute approximate surface area is 415 Å². The summed E-state index contributed by atoms with van der Waals surface area (Å²) in [6, 6.07) is 82.4. The van der Waals surface area contributed by atoms with E-state index in [1.54, 1.807) is 0 Å². The maximum Gasteiger partial charge on any atom is 0.160 e. The third kappa shape index (κ3) is 6.08. The van der Waals surface area contributed by atoms with E-state index in [4.69, 9.17) is 9.97 Å².